The third-order valence-corrected chi connectivity index (χ3v) is 3.32. The first-order valence-electron chi connectivity index (χ1n) is 6.64. The predicted molar refractivity (Wildman–Crippen MR) is 75.7 cm³/mol. The van der Waals surface area contributed by atoms with Gasteiger partial charge in [-0.25, -0.2) is 9.59 Å². The molecule has 0 saturated heterocycles. The number of carboxylic acids is 1. The average molecular weight is 288 g/mol. The number of carbonyl (C=O) groups excluding carboxylic acids is 2. The molecule has 21 heavy (non-hydrogen) atoms. The molecule has 0 spiro atoms. The minimum Gasteiger partial charge on any atom is -0.478 e. The number of carbonyl (C=O) groups is 3. The average Bonchev–Trinajstić information content (AvgIpc) is 2.67. The summed E-state index contributed by atoms with van der Waals surface area (Å²) in [6.07, 6.45) is 3.00. The minimum atomic E-state index is -1.23. The summed E-state index contributed by atoms with van der Waals surface area (Å²) in [4.78, 5) is 35.2. The van der Waals surface area contributed by atoms with Crippen molar-refractivity contribution in [1.29, 1.82) is 0 Å². The molecule has 2 N–H and O–H groups in total. The highest BCUT2D eigenvalue weighted by Gasteiger charge is 2.19. The van der Waals surface area contributed by atoms with E-state index in [2.05, 4.69) is 5.32 Å². The Labute approximate surface area is 122 Å². The number of urea groups is 1. The van der Waals surface area contributed by atoms with Crippen LogP contribution in [0.5, 0.6) is 0 Å². The van der Waals surface area contributed by atoms with Crippen LogP contribution in [0.4, 0.5) is 4.79 Å². The van der Waals surface area contributed by atoms with E-state index in [-0.39, 0.29) is 0 Å². The molecule has 2 rings (SSSR count). The highest BCUT2D eigenvalue weighted by molar-refractivity contribution is 6.02. The number of nitrogens with one attached hydrogen (secondary N) is 1. The Hall–Kier alpha value is -2.63. The quantitative estimate of drug-likeness (QED) is 0.794. The van der Waals surface area contributed by atoms with E-state index in [9.17, 15) is 14.4 Å². The molecule has 0 atom stereocenters. The van der Waals surface area contributed by atoms with Gasteiger partial charge in [0, 0.05) is 25.2 Å². The minimum absolute atomic E-state index is 0.497. The van der Waals surface area contributed by atoms with Crippen LogP contribution < -0.4 is 5.32 Å². The van der Waals surface area contributed by atoms with Gasteiger partial charge >= 0.3 is 12.0 Å². The normalized spacial score (nSPS) is 14.4. The van der Waals surface area contributed by atoms with Crippen molar-refractivity contribution in [2.45, 2.75) is 12.8 Å². The van der Waals surface area contributed by atoms with Crippen molar-refractivity contribution in [3.63, 3.8) is 0 Å². The van der Waals surface area contributed by atoms with E-state index in [1.807, 2.05) is 24.3 Å². The molecule has 0 saturated carbocycles. The maximum atomic E-state index is 12.0. The monoisotopic (exact) mass is 288 g/mol. The number of aliphatic carboxylic acids is 1. The Balaban J connectivity index is 1.93. The Morgan fingerprint density at radius 3 is 2.14 bits per heavy atom. The van der Waals surface area contributed by atoms with Gasteiger partial charge in [-0.3, -0.25) is 10.1 Å². The van der Waals surface area contributed by atoms with Crippen molar-refractivity contribution in [3.05, 3.63) is 47.5 Å². The number of nitrogens with zero attached hydrogens (tertiary/aromatic N) is 1. The Morgan fingerprint density at radius 1 is 1.05 bits per heavy atom. The van der Waals surface area contributed by atoms with Crippen LogP contribution in [0.3, 0.4) is 0 Å². The number of benzene rings is 1. The van der Waals surface area contributed by atoms with E-state index in [4.69, 9.17) is 5.11 Å². The van der Waals surface area contributed by atoms with Crippen LogP contribution in [-0.2, 0) is 22.4 Å². The molecule has 0 radical (unpaired) electrons. The molecule has 6 heteroatoms. The summed E-state index contributed by atoms with van der Waals surface area (Å²) in [5, 5.41) is 10.6. The fraction of sp³-hybridized carbons (Fsp3) is 0.267. The second kappa shape index (κ2) is 6.69. The smallest absolute Gasteiger partial charge is 0.328 e. The maximum absolute atomic E-state index is 12.0. The summed E-state index contributed by atoms with van der Waals surface area (Å²) >= 11 is 0. The lowest BCUT2D eigenvalue weighted by atomic mass is 10.0. The summed E-state index contributed by atoms with van der Waals surface area (Å²) in [5.74, 6) is -1.97. The third kappa shape index (κ3) is 4.17. The first-order chi connectivity index (χ1) is 10.1. The molecule has 110 valence electrons. The molecule has 3 amide bonds. The molecular formula is C15H16N2O4. The Kier molecular flexibility index (Phi) is 4.71. The lowest BCUT2D eigenvalue weighted by Gasteiger charge is -2.19. The van der Waals surface area contributed by atoms with Crippen molar-refractivity contribution in [1.82, 2.24) is 10.2 Å². The second-order valence-corrected chi connectivity index (χ2v) is 4.72. The van der Waals surface area contributed by atoms with Gasteiger partial charge in [0.25, 0.3) is 5.91 Å². The van der Waals surface area contributed by atoms with Gasteiger partial charge in [-0.05, 0) is 24.0 Å². The molecule has 1 aromatic rings. The van der Waals surface area contributed by atoms with E-state index in [0.717, 1.165) is 18.9 Å². The van der Waals surface area contributed by atoms with Crippen molar-refractivity contribution < 1.29 is 19.5 Å². The van der Waals surface area contributed by atoms with Crippen molar-refractivity contribution >= 4 is 17.9 Å². The number of fused-ring (bicyclic) bond motifs is 1. The van der Waals surface area contributed by atoms with Gasteiger partial charge in [0.1, 0.15) is 0 Å². The fourth-order valence-electron chi connectivity index (χ4n) is 2.24. The van der Waals surface area contributed by atoms with Gasteiger partial charge < -0.3 is 10.0 Å². The first-order valence-corrected chi connectivity index (χ1v) is 6.64. The number of imide groups is 1. The molecule has 1 aromatic carbocycles. The Morgan fingerprint density at radius 2 is 1.62 bits per heavy atom. The lowest BCUT2D eigenvalue weighted by molar-refractivity contribution is -0.131. The van der Waals surface area contributed by atoms with Crippen molar-refractivity contribution in [3.8, 4) is 0 Å². The zero-order valence-electron chi connectivity index (χ0n) is 11.4. The van der Waals surface area contributed by atoms with Gasteiger partial charge in [-0.15, -0.1) is 0 Å². The number of amides is 3. The largest absolute Gasteiger partial charge is 0.478 e. The standard InChI is InChI=1S/C15H16N2O4/c18-13(5-6-14(19)20)16-15(21)17-9-7-11-3-1-2-4-12(11)8-10-17/h1-6H,7-10H2,(H,19,20)(H,16,18,21). The van der Waals surface area contributed by atoms with Gasteiger partial charge in [0.2, 0.25) is 0 Å². The zero-order chi connectivity index (χ0) is 15.2. The van der Waals surface area contributed by atoms with E-state index in [1.54, 1.807) is 4.90 Å². The zero-order valence-corrected chi connectivity index (χ0v) is 11.4. The summed E-state index contributed by atoms with van der Waals surface area (Å²) in [5.41, 5.74) is 2.43. The molecule has 0 fully saturated rings. The molecule has 0 unspecified atom stereocenters. The fourth-order valence-corrected chi connectivity index (χ4v) is 2.24. The van der Waals surface area contributed by atoms with Gasteiger partial charge in [0.15, 0.2) is 0 Å². The lowest BCUT2D eigenvalue weighted by Crippen LogP contribution is -2.43. The molecule has 0 aromatic heterocycles. The number of rotatable bonds is 2. The van der Waals surface area contributed by atoms with Gasteiger partial charge in [0.05, 0.1) is 0 Å². The van der Waals surface area contributed by atoms with Crippen LogP contribution >= 0.6 is 0 Å². The van der Waals surface area contributed by atoms with Crippen LogP contribution in [0.25, 0.3) is 0 Å². The molecular weight excluding hydrogens is 272 g/mol. The Bertz CT molecular complexity index is 568. The maximum Gasteiger partial charge on any atom is 0.328 e. The molecule has 0 aliphatic carbocycles. The van der Waals surface area contributed by atoms with Crippen LogP contribution in [0.2, 0.25) is 0 Å². The van der Waals surface area contributed by atoms with E-state index < -0.39 is 17.9 Å². The van der Waals surface area contributed by atoms with E-state index in [1.165, 1.54) is 11.1 Å². The summed E-state index contributed by atoms with van der Waals surface area (Å²) in [6.45, 7) is 1.05. The highest BCUT2D eigenvalue weighted by atomic mass is 16.4. The van der Waals surface area contributed by atoms with Crippen LogP contribution in [-0.4, -0.2) is 41.0 Å². The van der Waals surface area contributed by atoms with Crippen molar-refractivity contribution in [2.75, 3.05) is 13.1 Å². The van der Waals surface area contributed by atoms with E-state index in [0.29, 0.717) is 19.2 Å². The summed E-state index contributed by atoms with van der Waals surface area (Å²) in [7, 11) is 0. The van der Waals surface area contributed by atoms with Crippen LogP contribution in [0.1, 0.15) is 11.1 Å². The molecule has 1 aliphatic rings. The summed E-state index contributed by atoms with van der Waals surface area (Å²) in [6, 6.07) is 7.52. The first kappa shape index (κ1) is 14.8. The van der Waals surface area contributed by atoms with Gasteiger partial charge in [-0.1, -0.05) is 24.3 Å². The van der Waals surface area contributed by atoms with E-state index >= 15 is 0 Å². The van der Waals surface area contributed by atoms with Crippen molar-refractivity contribution in [2.24, 2.45) is 0 Å². The van der Waals surface area contributed by atoms with Crippen LogP contribution in [0.15, 0.2) is 36.4 Å². The molecule has 0 bridgehead atoms. The second-order valence-electron chi connectivity index (χ2n) is 4.72. The molecule has 1 aliphatic heterocycles. The predicted octanol–water partition coefficient (Wildman–Crippen LogP) is 0.964. The highest BCUT2D eigenvalue weighted by Crippen LogP contribution is 2.15. The molecule has 6 nitrogen and oxygen atoms in total. The SMILES string of the molecule is O=C(O)C=CC(=O)NC(=O)N1CCc2ccccc2CC1. The molecule has 1 heterocycles. The number of hydrogen-bond donors (Lipinski definition) is 2. The number of carboxylic acid groups (broad SMARTS) is 1. The topological polar surface area (TPSA) is 86.7 Å². The number of hydrogen-bond acceptors (Lipinski definition) is 3. The van der Waals surface area contributed by atoms with Gasteiger partial charge in [-0.2, -0.15) is 0 Å². The third-order valence-electron chi connectivity index (χ3n) is 3.32. The summed E-state index contributed by atoms with van der Waals surface area (Å²) < 4.78 is 0. The van der Waals surface area contributed by atoms with Crippen LogP contribution in [0, 0.1) is 0 Å².